The van der Waals surface area contributed by atoms with E-state index in [2.05, 4.69) is 13.8 Å². The lowest BCUT2D eigenvalue weighted by atomic mass is 9.82. The average Bonchev–Trinajstić information content (AvgIpc) is 2.27. The van der Waals surface area contributed by atoms with Gasteiger partial charge in [-0.3, -0.25) is 4.79 Å². The number of carbonyl (C=O) groups excluding carboxylic acids is 1. The van der Waals surface area contributed by atoms with Crippen molar-refractivity contribution >= 4 is 5.97 Å². The molecule has 0 heterocycles. The molecule has 0 aromatic rings. The SMILES string of the molecule is CCC(=O)O[C@H]1CCCC[C@H]1CCC(C)C. The lowest BCUT2D eigenvalue weighted by Gasteiger charge is -2.31. The second-order valence-electron chi connectivity index (χ2n) is 5.40. The molecule has 0 unspecified atom stereocenters. The molecule has 0 spiro atoms. The molecular formula is C14H26O2. The van der Waals surface area contributed by atoms with Crippen molar-refractivity contribution in [1.82, 2.24) is 0 Å². The summed E-state index contributed by atoms with van der Waals surface area (Å²) in [6.45, 7) is 6.39. The molecule has 1 aliphatic rings. The molecule has 0 aliphatic heterocycles. The second-order valence-corrected chi connectivity index (χ2v) is 5.40. The summed E-state index contributed by atoms with van der Waals surface area (Å²) in [6.07, 6.45) is 8.04. The molecule has 1 rings (SSSR count). The Hall–Kier alpha value is -0.530. The molecule has 0 aromatic heterocycles. The van der Waals surface area contributed by atoms with Crippen LogP contribution < -0.4 is 0 Å². The average molecular weight is 226 g/mol. The Morgan fingerprint density at radius 2 is 2.00 bits per heavy atom. The van der Waals surface area contributed by atoms with Crippen LogP contribution in [0.5, 0.6) is 0 Å². The van der Waals surface area contributed by atoms with E-state index in [1.165, 1.54) is 32.1 Å². The summed E-state index contributed by atoms with van der Waals surface area (Å²) in [5, 5.41) is 0. The first-order valence-electron chi connectivity index (χ1n) is 6.83. The third-order valence-electron chi connectivity index (χ3n) is 3.53. The predicted molar refractivity (Wildman–Crippen MR) is 66.2 cm³/mol. The Morgan fingerprint density at radius 1 is 1.31 bits per heavy atom. The van der Waals surface area contributed by atoms with E-state index in [1.54, 1.807) is 0 Å². The minimum absolute atomic E-state index is 0.0264. The van der Waals surface area contributed by atoms with Crippen LogP contribution in [-0.4, -0.2) is 12.1 Å². The molecule has 0 amide bonds. The molecule has 2 heteroatoms. The van der Waals surface area contributed by atoms with Gasteiger partial charge in [0.25, 0.3) is 0 Å². The van der Waals surface area contributed by atoms with Crippen molar-refractivity contribution < 1.29 is 9.53 Å². The van der Waals surface area contributed by atoms with Crippen molar-refractivity contribution in [2.75, 3.05) is 0 Å². The summed E-state index contributed by atoms with van der Waals surface area (Å²) in [5.41, 5.74) is 0. The fraction of sp³-hybridized carbons (Fsp3) is 0.929. The van der Waals surface area contributed by atoms with E-state index in [-0.39, 0.29) is 12.1 Å². The molecule has 94 valence electrons. The van der Waals surface area contributed by atoms with Crippen LogP contribution in [0.25, 0.3) is 0 Å². The summed E-state index contributed by atoms with van der Waals surface area (Å²) < 4.78 is 5.55. The van der Waals surface area contributed by atoms with Crippen LogP contribution in [0.3, 0.4) is 0 Å². The van der Waals surface area contributed by atoms with Gasteiger partial charge in [-0.1, -0.05) is 33.6 Å². The number of rotatable bonds is 5. The van der Waals surface area contributed by atoms with Gasteiger partial charge in [0.15, 0.2) is 0 Å². The standard InChI is InChI=1S/C14H26O2/c1-4-14(15)16-13-8-6-5-7-12(13)10-9-11(2)3/h11-13H,4-10H2,1-3H3/t12-,13-/m0/s1. The quantitative estimate of drug-likeness (QED) is 0.664. The lowest BCUT2D eigenvalue weighted by molar-refractivity contribution is -0.153. The van der Waals surface area contributed by atoms with Crippen LogP contribution in [0.4, 0.5) is 0 Å². The third kappa shape index (κ3) is 4.54. The highest BCUT2D eigenvalue weighted by molar-refractivity contribution is 5.69. The van der Waals surface area contributed by atoms with E-state index >= 15 is 0 Å². The molecule has 16 heavy (non-hydrogen) atoms. The van der Waals surface area contributed by atoms with Gasteiger partial charge in [0, 0.05) is 6.42 Å². The van der Waals surface area contributed by atoms with Gasteiger partial charge in [0.1, 0.15) is 6.10 Å². The van der Waals surface area contributed by atoms with E-state index in [0.717, 1.165) is 12.3 Å². The van der Waals surface area contributed by atoms with Crippen molar-refractivity contribution in [2.24, 2.45) is 11.8 Å². The molecular weight excluding hydrogens is 200 g/mol. The number of ether oxygens (including phenoxy) is 1. The van der Waals surface area contributed by atoms with Crippen molar-refractivity contribution in [3.63, 3.8) is 0 Å². The van der Waals surface area contributed by atoms with E-state index in [0.29, 0.717) is 12.3 Å². The first-order valence-corrected chi connectivity index (χ1v) is 6.83. The maximum atomic E-state index is 11.3. The highest BCUT2D eigenvalue weighted by Gasteiger charge is 2.27. The van der Waals surface area contributed by atoms with Crippen molar-refractivity contribution in [3.8, 4) is 0 Å². The molecule has 0 bridgehead atoms. The monoisotopic (exact) mass is 226 g/mol. The smallest absolute Gasteiger partial charge is 0.305 e. The van der Waals surface area contributed by atoms with Gasteiger partial charge in [-0.25, -0.2) is 0 Å². The van der Waals surface area contributed by atoms with Crippen LogP contribution in [0.1, 0.15) is 65.7 Å². The summed E-state index contributed by atoms with van der Waals surface area (Å²) >= 11 is 0. The van der Waals surface area contributed by atoms with E-state index in [4.69, 9.17) is 4.74 Å². The fourth-order valence-electron chi connectivity index (χ4n) is 2.46. The summed E-state index contributed by atoms with van der Waals surface area (Å²) in [6, 6.07) is 0. The van der Waals surface area contributed by atoms with E-state index < -0.39 is 0 Å². The number of esters is 1. The van der Waals surface area contributed by atoms with Gasteiger partial charge in [-0.05, 0) is 37.5 Å². The second kappa shape index (κ2) is 6.93. The Morgan fingerprint density at radius 3 is 2.62 bits per heavy atom. The van der Waals surface area contributed by atoms with Gasteiger partial charge in [0.05, 0.1) is 0 Å². The first-order chi connectivity index (χ1) is 7.63. The van der Waals surface area contributed by atoms with Gasteiger partial charge in [-0.15, -0.1) is 0 Å². The molecule has 1 fully saturated rings. The Kier molecular flexibility index (Phi) is 5.86. The largest absolute Gasteiger partial charge is 0.462 e. The fourth-order valence-corrected chi connectivity index (χ4v) is 2.46. The maximum absolute atomic E-state index is 11.3. The van der Waals surface area contributed by atoms with E-state index in [9.17, 15) is 4.79 Å². The topological polar surface area (TPSA) is 26.3 Å². The highest BCUT2D eigenvalue weighted by Crippen LogP contribution is 2.31. The maximum Gasteiger partial charge on any atom is 0.305 e. The Balaban J connectivity index is 2.40. The summed E-state index contributed by atoms with van der Waals surface area (Å²) in [5.74, 6) is 1.34. The highest BCUT2D eigenvalue weighted by atomic mass is 16.5. The number of carbonyl (C=O) groups is 1. The predicted octanol–water partition coefficient (Wildman–Crippen LogP) is 3.93. The first kappa shape index (κ1) is 13.5. The zero-order chi connectivity index (χ0) is 12.0. The molecule has 0 radical (unpaired) electrons. The number of hydrogen-bond acceptors (Lipinski definition) is 2. The third-order valence-corrected chi connectivity index (χ3v) is 3.53. The van der Waals surface area contributed by atoms with Gasteiger partial charge >= 0.3 is 5.97 Å². The van der Waals surface area contributed by atoms with Crippen molar-refractivity contribution in [2.45, 2.75) is 71.8 Å². The zero-order valence-corrected chi connectivity index (χ0v) is 11.0. The Labute approximate surface area is 99.8 Å². The molecule has 1 aliphatic carbocycles. The van der Waals surface area contributed by atoms with Crippen LogP contribution in [0, 0.1) is 11.8 Å². The molecule has 0 aromatic carbocycles. The normalized spacial score (nSPS) is 25.8. The lowest BCUT2D eigenvalue weighted by Crippen LogP contribution is -2.30. The molecule has 1 saturated carbocycles. The Bertz CT molecular complexity index is 211. The molecule has 0 saturated heterocycles. The van der Waals surface area contributed by atoms with Gasteiger partial charge < -0.3 is 4.74 Å². The minimum Gasteiger partial charge on any atom is -0.462 e. The molecule has 0 N–H and O–H groups in total. The van der Waals surface area contributed by atoms with Crippen LogP contribution in [0.2, 0.25) is 0 Å². The van der Waals surface area contributed by atoms with Gasteiger partial charge in [0.2, 0.25) is 0 Å². The molecule has 2 nitrogen and oxygen atoms in total. The molecule has 2 atom stereocenters. The summed E-state index contributed by atoms with van der Waals surface area (Å²) in [4.78, 5) is 11.3. The minimum atomic E-state index is -0.0264. The van der Waals surface area contributed by atoms with Crippen LogP contribution in [-0.2, 0) is 9.53 Å². The van der Waals surface area contributed by atoms with Crippen molar-refractivity contribution in [3.05, 3.63) is 0 Å². The van der Waals surface area contributed by atoms with E-state index in [1.807, 2.05) is 6.92 Å². The van der Waals surface area contributed by atoms with Crippen LogP contribution >= 0.6 is 0 Å². The zero-order valence-electron chi connectivity index (χ0n) is 11.0. The number of hydrogen-bond donors (Lipinski definition) is 0. The van der Waals surface area contributed by atoms with Crippen molar-refractivity contribution in [1.29, 1.82) is 0 Å². The van der Waals surface area contributed by atoms with Gasteiger partial charge in [-0.2, -0.15) is 0 Å². The summed E-state index contributed by atoms with van der Waals surface area (Å²) in [7, 11) is 0. The van der Waals surface area contributed by atoms with Crippen LogP contribution in [0.15, 0.2) is 0 Å².